The van der Waals surface area contributed by atoms with Gasteiger partial charge >= 0.3 is 6.09 Å². The van der Waals surface area contributed by atoms with Crippen LogP contribution in [-0.4, -0.2) is 22.9 Å². The minimum atomic E-state index is -1.08. The van der Waals surface area contributed by atoms with Gasteiger partial charge in [-0.05, 0) is 24.0 Å². The predicted octanol–water partition coefficient (Wildman–Crippen LogP) is 3.37. The fraction of sp³-hybridized carbons (Fsp3) is 0.188. The molecule has 1 amide bonds. The van der Waals surface area contributed by atoms with Crippen LogP contribution in [0.4, 0.5) is 10.5 Å². The minimum absolute atomic E-state index is 0.0854. The van der Waals surface area contributed by atoms with Crippen LogP contribution >= 0.6 is 0 Å². The van der Waals surface area contributed by atoms with E-state index in [1.807, 2.05) is 48.5 Å². The van der Waals surface area contributed by atoms with Crippen molar-refractivity contribution in [3.63, 3.8) is 0 Å². The Bertz CT molecular complexity index is 582. The van der Waals surface area contributed by atoms with Crippen molar-refractivity contribution in [1.29, 1.82) is 0 Å². The molecule has 2 rings (SSSR count). The Kier molecular flexibility index (Phi) is 4.74. The molecule has 20 heavy (non-hydrogen) atoms. The summed E-state index contributed by atoms with van der Waals surface area (Å²) in [7, 11) is 0. The molecule has 2 aromatic carbocycles. The zero-order valence-electron chi connectivity index (χ0n) is 11.0. The summed E-state index contributed by atoms with van der Waals surface area (Å²) >= 11 is 0. The highest BCUT2D eigenvalue weighted by Crippen LogP contribution is 2.31. The molecule has 0 bridgehead atoms. The van der Waals surface area contributed by atoms with Crippen molar-refractivity contribution in [3.05, 3.63) is 54.1 Å². The normalized spacial score (nSPS) is 10.2. The molecule has 104 valence electrons. The van der Waals surface area contributed by atoms with Gasteiger partial charge in [0.05, 0.1) is 5.69 Å². The van der Waals surface area contributed by atoms with Crippen LogP contribution in [0.5, 0.6) is 0 Å². The van der Waals surface area contributed by atoms with Gasteiger partial charge in [-0.15, -0.1) is 0 Å². The Balaban J connectivity index is 2.47. The number of aryl methyl sites for hydroxylation is 1. The molecular formula is C16H17NO3. The molecule has 2 aromatic rings. The van der Waals surface area contributed by atoms with E-state index in [1.165, 1.54) is 0 Å². The van der Waals surface area contributed by atoms with Crippen molar-refractivity contribution in [3.8, 4) is 11.1 Å². The maximum absolute atomic E-state index is 11.0. The molecule has 0 aliphatic rings. The smallest absolute Gasteiger partial charge is 0.409 e. The lowest BCUT2D eigenvalue weighted by Crippen LogP contribution is -2.11. The van der Waals surface area contributed by atoms with Crippen LogP contribution in [0.15, 0.2) is 48.5 Å². The molecule has 4 heteroatoms. The van der Waals surface area contributed by atoms with E-state index in [-0.39, 0.29) is 6.61 Å². The van der Waals surface area contributed by atoms with Gasteiger partial charge < -0.3 is 10.2 Å². The lowest BCUT2D eigenvalue weighted by atomic mass is 9.98. The maximum atomic E-state index is 11.0. The minimum Gasteiger partial charge on any atom is -0.465 e. The number of hydrogen-bond donors (Lipinski definition) is 3. The molecular weight excluding hydrogens is 254 g/mol. The van der Waals surface area contributed by atoms with Crippen LogP contribution in [0.3, 0.4) is 0 Å². The van der Waals surface area contributed by atoms with Crippen molar-refractivity contribution in [1.82, 2.24) is 0 Å². The predicted molar refractivity (Wildman–Crippen MR) is 78.9 cm³/mol. The summed E-state index contributed by atoms with van der Waals surface area (Å²) in [5.74, 6) is 0. The van der Waals surface area contributed by atoms with E-state index in [4.69, 9.17) is 10.2 Å². The Morgan fingerprint density at radius 1 is 1.05 bits per heavy atom. The van der Waals surface area contributed by atoms with Gasteiger partial charge in [0.25, 0.3) is 0 Å². The summed E-state index contributed by atoms with van der Waals surface area (Å²) in [5, 5.41) is 20.5. The number of rotatable bonds is 5. The van der Waals surface area contributed by atoms with Crippen LogP contribution in [0.1, 0.15) is 12.0 Å². The fourth-order valence-corrected chi connectivity index (χ4v) is 2.19. The van der Waals surface area contributed by atoms with E-state index in [9.17, 15) is 4.79 Å². The number of para-hydroxylation sites is 1. The summed E-state index contributed by atoms with van der Waals surface area (Å²) in [6.45, 7) is 0.0854. The molecule has 4 nitrogen and oxygen atoms in total. The molecule has 0 spiro atoms. The van der Waals surface area contributed by atoms with Crippen molar-refractivity contribution >= 4 is 11.8 Å². The maximum Gasteiger partial charge on any atom is 0.409 e. The van der Waals surface area contributed by atoms with Gasteiger partial charge in [0.2, 0.25) is 0 Å². The molecule has 0 unspecified atom stereocenters. The van der Waals surface area contributed by atoms with Crippen LogP contribution in [-0.2, 0) is 6.42 Å². The highest BCUT2D eigenvalue weighted by Gasteiger charge is 2.12. The summed E-state index contributed by atoms with van der Waals surface area (Å²) in [6.07, 6.45) is 0.151. The van der Waals surface area contributed by atoms with Gasteiger partial charge in [0, 0.05) is 12.2 Å². The first-order valence-corrected chi connectivity index (χ1v) is 6.50. The largest absolute Gasteiger partial charge is 0.465 e. The van der Waals surface area contributed by atoms with Gasteiger partial charge in [-0.3, -0.25) is 5.32 Å². The number of benzene rings is 2. The molecule has 0 radical (unpaired) electrons. The van der Waals surface area contributed by atoms with Crippen molar-refractivity contribution in [2.75, 3.05) is 11.9 Å². The second-order valence-electron chi connectivity index (χ2n) is 4.46. The van der Waals surface area contributed by atoms with Crippen molar-refractivity contribution < 1.29 is 15.0 Å². The monoisotopic (exact) mass is 271 g/mol. The second kappa shape index (κ2) is 6.73. The van der Waals surface area contributed by atoms with Gasteiger partial charge in [0.15, 0.2) is 0 Å². The zero-order valence-corrected chi connectivity index (χ0v) is 11.0. The first-order chi connectivity index (χ1) is 9.72. The summed E-state index contributed by atoms with van der Waals surface area (Å²) in [6, 6.07) is 15.3. The molecule has 0 aromatic heterocycles. The van der Waals surface area contributed by atoms with Gasteiger partial charge in [-0.2, -0.15) is 0 Å². The molecule has 0 aliphatic carbocycles. The Morgan fingerprint density at radius 3 is 2.45 bits per heavy atom. The quantitative estimate of drug-likeness (QED) is 0.781. The number of carbonyl (C=O) groups is 1. The third-order valence-electron chi connectivity index (χ3n) is 3.07. The molecule has 0 atom stereocenters. The molecule has 0 aliphatic heterocycles. The fourth-order valence-electron chi connectivity index (χ4n) is 2.19. The van der Waals surface area contributed by atoms with Crippen molar-refractivity contribution in [2.24, 2.45) is 0 Å². The topological polar surface area (TPSA) is 69.6 Å². The standard InChI is InChI=1S/C16H17NO3/c18-11-5-9-13-8-4-10-14(15(13)17-16(19)20)12-6-2-1-3-7-12/h1-4,6-8,10,17-18H,5,9,11H2,(H,19,20). The van der Waals surface area contributed by atoms with Crippen LogP contribution in [0.2, 0.25) is 0 Å². The number of amides is 1. The Morgan fingerprint density at radius 2 is 1.80 bits per heavy atom. The van der Waals surface area contributed by atoms with E-state index in [2.05, 4.69) is 5.32 Å². The summed E-state index contributed by atoms with van der Waals surface area (Å²) in [4.78, 5) is 11.0. The van der Waals surface area contributed by atoms with E-state index < -0.39 is 6.09 Å². The lowest BCUT2D eigenvalue weighted by Gasteiger charge is -2.14. The summed E-state index contributed by atoms with van der Waals surface area (Å²) in [5.41, 5.74) is 3.30. The first-order valence-electron chi connectivity index (χ1n) is 6.50. The van der Waals surface area contributed by atoms with Crippen LogP contribution < -0.4 is 5.32 Å². The molecule has 3 N–H and O–H groups in total. The third kappa shape index (κ3) is 3.36. The molecule has 0 saturated heterocycles. The second-order valence-corrected chi connectivity index (χ2v) is 4.46. The van der Waals surface area contributed by atoms with Crippen LogP contribution in [0, 0.1) is 0 Å². The highest BCUT2D eigenvalue weighted by molar-refractivity contribution is 5.92. The molecule has 0 heterocycles. The number of carboxylic acid groups (broad SMARTS) is 1. The average Bonchev–Trinajstić information content (AvgIpc) is 2.46. The van der Waals surface area contributed by atoms with E-state index in [1.54, 1.807) is 0 Å². The van der Waals surface area contributed by atoms with Crippen molar-refractivity contribution in [2.45, 2.75) is 12.8 Å². The van der Waals surface area contributed by atoms with E-state index >= 15 is 0 Å². The number of aliphatic hydroxyl groups is 1. The van der Waals surface area contributed by atoms with Gasteiger partial charge in [-0.1, -0.05) is 48.5 Å². The van der Waals surface area contributed by atoms with E-state index in [0.717, 1.165) is 16.7 Å². The molecule has 0 saturated carbocycles. The van der Waals surface area contributed by atoms with Crippen LogP contribution in [0.25, 0.3) is 11.1 Å². The number of aliphatic hydroxyl groups excluding tert-OH is 1. The number of anilines is 1. The number of nitrogens with one attached hydrogen (secondary N) is 1. The average molecular weight is 271 g/mol. The first kappa shape index (κ1) is 14.1. The van der Waals surface area contributed by atoms with Gasteiger partial charge in [-0.25, -0.2) is 4.79 Å². The highest BCUT2D eigenvalue weighted by atomic mass is 16.4. The summed E-state index contributed by atoms with van der Waals surface area (Å²) < 4.78 is 0. The SMILES string of the molecule is O=C(O)Nc1c(CCCO)cccc1-c1ccccc1. The van der Waals surface area contributed by atoms with Gasteiger partial charge in [0.1, 0.15) is 0 Å². The Hall–Kier alpha value is -2.33. The number of hydrogen-bond acceptors (Lipinski definition) is 2. The lowest BCUT2D eigenvalue weighted by molar-refractivity contribution is 0.209. The third-order valence-corrected chi connectivity index (χ3v) is 3.07. The Labute approximate surface area is 117 Å². The zero-order chi connectivity index (χ0) is 14.4. The van der Waals surface area contributed by atoms with E-state index in [0.29, 0.717) is 18.5 Å². The molecule has 0 fully saturated rings.